The first-order chi connectivity index (χ1) is 8.10. The number of aryl methyl sites for hydroxylation is 2. The van der Waals surface area contributed by atoms with Crippen LogP contribution in [0.1, 0.15) is 24.1 Å². The van der Waals surface area contributed by atoms with Gasteiger partial charge in [0, 0.05) is 5.69 Å². The van der Waals surface area contributed by atoms with Gasteiger partial charge in [-0.25, -0.2) is 4.98 Å². The Morgan fingerprint density at radius 1 is 1.47 bits per heavy atom. The summed E-state index contributed by atoms with van der Waals surface area (Å²) in [5, 5.41) is 0.832. The van der Waals surface area contributed by atoms with Crippen molar-refractivity contribution in [1.29, 1.82) is 0 Å². The molecule has 3 nitrogen and oxygen atoms in total. The average molecular weight is 251 g/mol. The summed E-state index contributed by atoms with van der Waals surface area (Å²) in [7, 11) is 1.45. The van der Waals surface area contributed by atoms with Crippen molar-refractivity contribution in [2.24, 2.45) is 5.92 Å². The highest BCUT2D eigenvalue weighted by Crippen LogP contribution is 2.41. The summed E-state index contributed by atoms with van der Waals surface area (Å²) in [6.45, 7) is 4.02. The third-order valence-corrected chi connectivity index (χ3v) is 4.09. The third-order valence-electron chi connectivity index (χ3n) is 2.81. The van der Waals surface area contributed by atoms with Crippen molar-refractivity contribution in [3.63, 3.8) is 0 Å². The Kier molecular flexibility index (Phi) is 3.72. The summed E-state index contributed by atoms with van der Waals surface area (Å²) < 4.78 is 4.86. The van der Waals surface area contributed by atoms with Gasteiger partial charge in [0.2, 0.25) is 0 Å². The monoisotopic (exact) mass is 251 g/mol. The molecule has 17 heavy (non-hydrogen) atoms. The molecule has 0 amide bonds. The van der Waals surface area contributed by atoms with E-state index >= 15 is 0 Å². The van der Waals surface area contributed by atoms with E-state index in [-0.39, 0.29) is 11.2 Å². The molecule has 1 aromatic heterocycles. The second-order valence-electron chi connectivity index (χ2n) is 4.52. The van der Waals surface area contributed by atoms with E-state index in [9.17, 15) is 4.79 Å². The first-order valence-electron chi connectivity index (χ1n) is 5.80. The Morgan fingerprint density at radius 3 is 2.71 bits per heavy atom. The summed E-state index contributed by atoms with van der Waals surface area (Å²) >= 11 is 1.53. The highest BCUT2D eigenvalue weighted by atomic mass is 32.2. The van der Waals surface area contributed by atoms with Crippen LogP contribution in [0.5, 0.6) is 0 Å². The number of pyridine rings is 1. The minimum Gasteiger partial charge on any atom is -0.468 e. The van der Waals surface area contributed by atoms with Crippen molar-refractivity contribution in [2.45, 2.75) is 37.0 Å². The van der Waals surface area contributed by atoms with Crippen LogP contribution in [0, 0.1) is 19.8 Å². The number of hydrogen-bond acceptors (Lipinski definition) is 4. The van der Waals surface area contributed by atoms with Crippen LogP contribution < -0.4 is 0 Å². The van der Waals surface area contributed by atoms with E-state index in [2.05, 4.69) is 4.98 Å². The highest BCUT2D eigenvalue weighted by Gasteiger charge is 2.38. The van der Waals surface area contributed by atoms with E-state index in [1.54, 1.807) is 0 Å². The number of carbonyl (C=O) groups is 1. The van der Waals surface area contributed by atoms with Crippen molar-refractivity contribution >= 4 is 17.7 Å². The van der Waals surface area contributed by atoms with E-state index < -0.39 is 0 Å². The Bertz CT molecular complexity index is 409. The minimum absolute atomic E-state index is 0.0892. The van der Waals surface area contributed by atoms with Gasteiger partial charge in [-0.05, 0) is 50.3 Å². The number of methoxy groups -OCH3 is 1. The van der Waals surface area contributed by atoms with Crippen molar-refractivity contribution in [3.8, 4) is 0 Å². The van der Waals surface area contributed by atoms with E-state index in [4.69, 9.17) is 4.74 Å². The normalized spacial score (nSPS) is 16.6. The SMILES string of the molecule is COC(=O)C(Sc1cc(C)cc(C)n1)C1CC1. The van der Waals surface area contributed by atoms with Gasteiger partial charge >= 0.3 is 5.97 Å². The van der Waals surface area contributed by atoms with Crippen molar-refractivity contribution < 1.29 is 9.53 Å². The molecule has 1 saturated carbocycles. The number of thioether (sulfide) groups is 1. The zero-order valence-electron chi connectivity index (χ0n) is 10.4. The quantitative estimate of drug-likeness (QED) is 0.609. The first kappa shape index (κ1) is 12.4. The Labute approximate surface area is 106 Å². The molecule has 1 aromatic rings. The lowest BCUT2D eigenvalue weighted by atomic mass is 10.2. The number of ether oxygens (including phenoxy) is 1. The molecule has 92 valence electrons. The predicted octanol–water partition coefficient (Wildman–Crippen LogP) is 2.74. The van der Waals surface area contributed by atoms with E-state index in [0.29, 0.717) is 5.92 Å². The summed E-state index contributed by atoms with van der Waals surface area (Å²) in [5.41, 5.74) is 2.17. The lowest BCUT2D eigenvalue weighted by Gasteiger charge is -2.13. The maximum Gasteiger partial charge on any atom is 0.319 e. The van der Waals surface area contributed by atoms with Crippen molar-refractivity contribution in [1.82, 2.24) is 4.98 Å². The fourth-order valence-corrected chi connectivity index (χ4v) is 3.21. The molecule has 1 aliphatic rings. The zero-order chi connectivity index (χ0) is 12.4. The van der Waals surface area contributed by atoms with Crippen LogP contribution in [0.15, 0.2) is 17.2 Å². The number of hydrogen-bond donors (Lipinski definition) is 0. The second kappa shape index (κ2) is 5.08. The molecule has 0 aliphatic heterocycles. The Hall–Kier alpha value is -1.03. The molecule has 2 rings (SSSR count). The van der Waals surface area contributed by atoms with Crippen LogP contribution in [-0.4, -0.2) is 23.3 Å². The molecule has 0 spiro atoms. The molecular weight excluding hydrogens is 234 g/mol. The van der Waals surface area contributed by atoms with Crippen LogP contribution >= 0.6 is 11.8 Å². The van der Waals surface area contributed by atoms with Gasteiger partial charge in [-0.3, -0.25) is 4.79 Å². The summed E-state index contributed by atoms with van der Waals surface area (Å²) in [5.74, 6) is 0.341. The van der Waals surface area contributed by atoms with E-state index in [1.165, 1.54) is 24.4 Å². The predicted molar refractivity (Wildman–Crippen MR) is 68.1 cm³/mol. The molecule has 1 heterocycles. The minimum atomic E-state index is -0.126. The van der Waals surface area contributed by atoms with Gasteiger partial charge < -0.3 is 4.74 Å². The lowest BCUT2D eigenvalue weighted by molar-refractivity contribution is -0.140. The van der Waals surface area contributed by atoms with E-state index in [0.717, 1.165) is 23.6 Å². The number of esters is 1. The molecule has 0 radical (unpaired) electrons. The number of carbonyl (C=O) groups excluding carboxylic acids is 1. The fourth-order valence-electron chi connectivity index (χ4n) is 1.85. The van der Waals surface area contributed by atoms with Crippen LogP contribution in [0.25, 0.3) is 0 Å². The van der Waals surface area contributed by atoms with Gasteiger partial charge in [-0.1, -0.05) is 11.8 Å². The van der Waals surface area contributed by atoms with Gasteiger partial charge in [-0.2, -0.15) is 0 Å². The summed E-state index contributed by atoms with van der Waals surface area (Å²) in [4.78, 5) is 16.2. The maximum atomic E-state index is 11.7. The van der Waals surface area contributed by atoms with Gasteiger partial charge in [0.15, 0.2) is 0 Å². The number of aromatic nitrogens is 1. The molecule has 1 fully saturated rings. The molecule has 0 saturated heterocycles. The standard InChI is InChI=1S/C13H17NO2S/c1-8-6-9(2)14-11(7-8)17-12(10-4-5-10)13(15)16-3/h6-7,10,12H,4-5H2,1-3H3. The molecule has 1 aliphatic carbocycles. The van der Waals surface area contributed by atoms with Crippen molar-refractivity contribution in [2.75, 3.05) is 7.11 Å². The molecule has 0 bridgehead atoms. The zero-order valence-corrected chi connectivity index (χ0v) is 11.2. The molecule has 0 aromatic carbocycles. The summed E-state index contributed by atoms with van der Waals surface area (Å²) in [6.07, 6.45) is 2.25. The molecule has 1 atom stereocenters. The smallest absolute Gasteiger partial charge is 0.319 e. The highest BCUT2D eigenvalue weighted by molar-refractivity contribution is 8.00. The first-order valence-corrected chi connectivity index (χ1v) is 6.68. The van der Waals surface area contributed by atoms with Gasteiger partial charge in [0.1, 0.15) is 5.25 Å². The molecular formula is C13H17NO2S. The molecule has 0 N–H and O–H groups in total. The average Bonchev–Trinajstić information content (AvgIpc) is 3.07. The van der Waals surface area contributed by atoms with Gasteiger partial charge in [0.05, 0.1) is 12.1 Å². The molecule has 4 heteroatoms. The van der Waals surface area contributed by atoms with Crippen LogP contribution in [0.2, 0.25) is 0 Å². The number of rotatable bonds is 4. The topological polar surface area (TPSA) is 39.2 Å². The third kappa shape index (κ3) is 3.22. The summed E-state index contributed by atoms with van der Waals surface area (Å²) in [6, 6.07) is 4.06. The van der Waals surface area contributed by atoms with E-state index in [1.807, 2.05) is 26.0 Å². The number of nitrogens with zero attached hydrogens (tertiary/aromatic N) is 1. The Balaban J connectivity index is 2.14. The van der Waals surface area contributed by atoms with Crippen molar-refractivity contribution in [3.05, 3.63) is 23.4 Å². The largest absolute Gasteiger partial charge is 0.468 e. The Morgan fingerprint density at radius 2 is 2.18 bits per heavy atom. The maximum absolute atomic E-state index is 11.7. The van der Waals surface area contributed by atoms with Crippen LogP contribution in [-0.2, 0) is 9.53 Å². The molecule has 1 unspecified atom stereocenters. The van der Waals surface area contributed by atoms with Crippen LogP contribution in [0.4, 0.5) is 0 Å². The second-order valence-corrected chi connectivity index (χ2v) is 5.69. The van der Waals surface area contributed by atoms with Gasteiger partial charge in [-0.15, -0.1) is 0 Å². The fraction of sp³-hybridized carbons (Fsp3) is 0.538. The lowest BCUT2D eigenvalue weighted by Crippen LogP contribution is -2.21. The van der Waals surface area contributed by atoms with Crippen LogP contribution in [0.3, 0.4) is 0 Å². The van der Waals surface area contributed by atoms with Gasteiger partial charge in [0.25, 0.3) is 0 Å².